The minimum absolute atomic E-state index is 0.229. The summed E-state index contributed by atoms with van der Waals surface area (Å²) >= 11 is 1.67. The molecule has 2 heterocycles. The van der Waals surface area contributed by atoms with Crippen molar-refractivity contribution in [3.05, 3.63) is 52.2 Å². The van der Waals surface area contributed by atoms with Gasteiger partial charge in [-0.2, -0.15) is 11.3 Å². The zero-order valence-corrected chi connectivity index (χ0v) is 15.1. The molecule has 1 fully saturated rings. The van der Waals surface area contributed by atoms with Crippen LogP contribution in [0.1, 0.15) is 22.3 Å². The first kappa shape index (κ1) is 17.5. The Bertz CT molecular complexity index is 705. The van der Waals surface area contributed by atoms with Gasteiger partial charge in [-0.15, -0.1) is 0 Å². The second kappa shape index (κ2) is 8.16. The number of amides is 1. The van der Waals surface area contributed by atoms with Crippen LogP contribution in [0.15, 0.2) is 41.1 Å². The average molecular weight is 358 g/mol. The summed E-state index contributed by atoms with van der Waals surface area (Å²) in [7, 11) is 1.38. The second-order valence-electron chi connectivity index (χ2n) is 6.04. The molecule has 1 saturated heterocycles. The molecule has 25 heavy (non-hydrogen) atoms. The number of thiophene rings is 1. The van der Waals surface area contributed by atoms with Crippen LogP contribution >= 0.6 is 11.3 Å². The van der Waals surface area contributed by atoms with Gasteiger partial charge in [0.15, 0.2) is 0 Å². The molecule has 0 N–H and O–H groups in total. The Labute approximate surface area is 151 Å². The molecule has 3 rings (SSSR count). The molecular formula is C19H22N2O3S. The first-order valence-corrected chi connectivity index (χ1v) is 9.34. The van der Waals surface area contributed by atoms with E-state index in [2.05, 4.69) is 16.3 Å². The predicted octanol–water partition coefficient (Wildman–Crippen LogP) is 2.82. The number of benzene rings is 1. The molecule has 1 aromatic heterocycles. The number of methoxy groups -OCH3 is 1. The Kier molecular flexibility index (Phi) is 5.71. The van der Waals surface area contributed by atoms with Crippen molar-refractivity contribution < 1.29 is 14.3 Å². The van der Waals surface area contributed by atoms with E-state index >= 15 is 0 Å². The van der Waals surface area contributed by atoms with Gasteiger partial charge in [0.2, 0.25) is 5.91 Å². The monoisotopic (exact) mass is 358 g/mol. The predicted molar refractivity (Wildman–Crippen MR) is 99.2 cm³/mol. The smallest absolute Gasteiger partial charge is 0.337 e. The number of hydrogen-bond acceptors (Lipinski definition) is 5. The maximum atomic E-state index is 12.3. The molecule has 0 radical (unpaired) electrons. The number of piperazine rings is 1. The molecule has 1 aliphatic heterocycles. The summed E-state index contributed by atoms with van der Waals surface area (Å²) in [5.74, 6) is -0.0977. The number of nitrogens with zero attached hydrogens (tertiary/aromatic N) is 2. The lowest BCUT2D eigenvalue weighted by molar-refractivity contribution is -0.131. The van der Waals surface area contributed by atoms with Crippen molar-refractivity contribution in [2.45, 2.75) is 12.8 Å². The Balaban J connectivity index is 1.49. The number of hydrogen-bond donors (Lipinski definition) is 0. The van der Waals surface area contributed by atoms with Crippen LogP contribution in [0, 0.1) is 0 Å². The normalized spacial score (nSPS) is 14.4. The fraction of sp³-hybridized carbons (Fsp3) is 0.368. The third-order valence-electron chi connectivity index (χ3n) is 4.49. The van der Waals surface area contributed by atoms with Gasteiger partial charge in [-0.1, -0.05) is 0 Å². The van der Waals surface area contributed by atoms with Crippen LogP contribution in [-0.2, 0) is 16.0 Å². The summed E-state index contributed by atoms with van der Waals surface area (Å²) in [4.78, 5) is 28.0. The van der Waals surface area contributed by atoms with Gasteiger partial charge in [0.05, 0.1) is 12.7 Å². The lowest BCUT2D eigenvalue weighted by atomic mass is 10.1. The molecule has 132 valence electrons. The quantitative estimate of drug-likeness (QED) is 0.771. The van der Waals surface area contributed by atoms with E-state index in [4.69, 9.17) is 4.74 Å². The van der Waals surface area contributed by atoms with Crippen LogP contribution in [0.3, 0.4) is 0 Å². The van der Waals surface area contributed by atoms with Crippen molar-refractivity contribution in [3.8, 4) is 0 Å². The zero-order chi connectivity index (χ0) is 17.6. The summed E-state index contributed by atoms with van der Waals surface area (Å²) in [6.45, 7) is 3.09. The van der Waals surface area contributed by atoms with Crippen molar-refractivity contribution in [2.24, 2.45) is 0 Å². The molecule has 0 unspecified atom stereocenters. The molecule has 1 aromatic carbocycles. The first-order chi connectivity index (χ1) is 12.2. The van der Waals surface area contributed by atoms with Crippen LogP contribution in [0.5, 0.6) is 0 Å². The number of carbonyl (C=O) groups is 2. The number of esters is 1. The fourth-order valence-electron chi connectivity index (χ4n) is 2.98. The topological polar surface area (TPSA) is 49.9 Å². The van der Waals surface area contributed by atoms with Crippen molar-refractivity contribution >= 4 is 28.9 Å². The molecule has 1 amide bonds. The summed E-state index contributed by atoms with van der Waals surface area (Å²) in [6.07, 6.45) is 1.39. The number of carbonyl (C=O) groups excluding carboxylic acids is 2. The molecular weight excluding hydrogens is 336 g/mol. The van der Waals surface area contributed by atoms with Gasteiger partial charge in [0.25, 0.3) is 0 Å². The van der Waals surface area contributed by atoms with Crippen LogP contribution in [0.2, 0.25) is 0 Å². The summed E-state index contributed by atoms with van der Waals surface area (Å²) in [5, 5.41) is 4.15. The second-order valence-corrected chi connectivity index (χ2v) is 6.82. The van der Waals surface area contributed by atoms with Crippen molar-refractivity contribution in [3.63, 3.8) is 0 Å². The Morgan fingerprint density at radius 1 is 1.08 bits per heavy atom. The SMILES string of the molecule is COC(=O)c1ccc(N2CCN(C(=O)CCc3ccsc3)CC2)cc1. The van der Waals surface area contributed by atoms with Crippen molar-refractivity contribution in [2.75, 3.05) is 38.2 Å². The van der Waals surface area contributed by atoms with Crippen LogP contribution in [0.25, 0.3) is 0 Å². The van der Waals surface area contributed by atoms with Crippen LogP contribution in [-0.4, -0.2) is 50.1 Å². The van der Waals surface area contributed by atoms with Crippen LogP contribution < -0.4 is 4.90 Å². The summed E-state index contributed by atoms with van der Waals surface area (Å²) < 4.78 is 4.72. The fourth-order valence-corrected chi connectivity index (χ4v) is 3.69. The van der Waals surface area contributed by atoms with Gasteiger partial charge in [0.1, 0.15) is 0 Å². The first-order valence-electron chi connectivity index (χ1n) is 8.39. The largest absolute Gasteiger partial charge is 0.465 e. The Hall–Kier alpha value is -2.34. The molecule has 0 spiro atoms. The van der Waals surface area contributed by atoms with E-state index in [0.29, 0.717) is 12.0 Å². The standard InChI is InChI=1S/C19H22N2O3S/c1-24-19(23)16-3-5-17(6-4-16)20-9-11-21(12-10-20)18(22)7-2-15-8-13-25-14-15/h3-6,8,13-14H,2,7,9-12H2,1H3. The lowest BCUT2D eigenvalue weighted by Gasteiger charge is -2.36. The molecule has 6 heteroatoms. The highest BCUT2D eigenvalue weighted by Crippen LogP contribution is 2.18. The molecule has 0 atom stereocenters. The van der Waals surface area contributed by atoms with E-state index in [-0.39, 0.29) is 11.9 Å². The third-order valence-corrected chi connectivity index (χ3v) is 5.23. The van der Waals surface area contributed by atoms with Gasteiger partial charge < -0.3 is 14.5 Å². The van der Waals surface area contributed by atoms with Crippen LogP contribution in [0.4, 0.5) is 5.69 Å². The van der Waals surface area contributed by atoms with E-state index in [1.807, 2.05) is 22.4 Å². The van der Waals surface area contributed by atoms with E-state index in [0.717, 1.165) is 38.3 Å². The summed E-state index contributed by atoms with van der Waals surface area (Å²) in [6, 6.07) is 9.49. The molecule has 1 aliphatic rings. The zero-order valence-electron chi connectivity index (χ0n) is 14.3. The minimum Gasteiger partial charge on any atom is -0.465 e. The molecule has 0 aliphatic carbocycles. The van der Waals surface area contributed by atoms with Crippen molar-refractivity contribution in [1.29, 1.82) is 0 Å². The number of aryl methyl sites for hydroxylation is 1. The van der Waals surface area contributed by atoms with Gasteiger partial charge in [-0.25, -0.2) is 4.79 Å². The van der Waals surface area contributed by atoms with Gasteiger partial charge >= 0.3 is 5.97 Å². The maximum absolute atomic E-state index is 12.3. The highest BCUT2D eigenvalue weighted by Gasteiger charge is 2.21. The molecule has 2 aromatic rings. The minimum atomic E-state index is -0.326. The molecule has 0 saturated carbocycles. The summed E-state index contributed by atoms with van der Waals surface area (Å²) in [5.41, 5.74) is 2.86. The van der Waals surface area contributed by atoms with Gasteiger partial charge in [-0.05, 0) is 53.1 Å². The van der Waals surface area contributed by atoms with Gasteiger partial charge in [0, 0.05) is 38.3 Å². The number of rotatable bonds is 5. The van der Waals surface area contributed by atoms with E-state index in [9.17, 15) is 9.59 Å². The highest BCUT2D eigenvalue weighted by atomic mass is 32.1. The van der Waals surface area contributed by atoms with Gasteiger partial charge in [-0.3, -0.25) is 4.79 Å². The van der Waals surface area contributed by atoms with Crippen molar-refractivity contribution in [1.82, 2.24) is 4.90 Å². The van der Waals surface area contributed by atoms with E-state index in [1.165, 1.54) is 12.7 Å². The molecule has 5 nitrogen and oxygen atoms in total. The van der Waals surface area contributed by atoms with E-state index < -0.39 is 0 Å². The number of anilines is 1. The molecule has 0 bridgehead atoms. The lowest BCUT2D eigenvalue weighted by Crippen LogP contribution is -2.48. The maximum Gasteiger partial charge on any atom is 0.337 e. The Morgan fingerprint density at radius 3 is 2.40 bits per heavy atom. The Morgan fingerprint density at radius 2 is 1.80 bits per heavy atom. The van der Waals surface area contributed by atoms with E-state index in [1.54, 1.807) is 23.5 Å². The average Bonchev–Trinajstić information content (AvgIpc) is 3.19. The highest BCUT2D eigenvalue weighted by molar-refractivity contribution is 7.07. The number of ether oxygens (including phenoxy) is 1. The third kappa shape index (κ3) is 4.39.